The monoisotopic (exact) mass is 385 g/mol. The van der Waals surface area contributed by atoms with Crippen molar-refractivity contribution in [3.8, 4) is 0 Å². The molecule has 4 nitrogen and oxygen atoms in total. The maximum Gasteiger partial charge on any atom is 0.262 e. The normalized spacial score (nSPS) is 11.4. The Balaban J connectivity index is 3.26. The fourth-order valence-electron chi connectivity index (χ4n) is 1.60. The number of nitrogens with zero attached hydrogens (tertiary/aromatic N) is 1. The van der Waals surface area contributed by atoms with Crippen molar-refractivity contribution in [3.05, 3.63) is 28.0 Å². The van der Waals surface area contributed by atoms with Crippen LogP contribution in [0.25, 0.3) is 0 Å². The third-order valence-electron chi connectivity index (χ3n) is 2.69. The molecule has 0 radical (unpaired) electrons. The summed E-state index contributed by atoms with van der Waals surface area (Å²) >= 11 is 3.01. The minimum atomic E-state index is -4.14. The lowest BCUT2D eigenvalue weighted by Crippen LogP contribution is -2.28. The second kappa shape index (κ2) is 6.87. The van der Waals surface area contributed by atoms with Gasteiger partial charge >= 0.3 is 0 Å². The van der Waals surface area contributed by atoms with E-state index in [2.05, 4.69) is 15.9 Å². The molecule has 0 fully saturated rings. The van der Waals surface area contributed by atoms with Crippen LogP contribution in [0.3, 0.4) is 0 Å². The number of hydrogen-bond acceptors (Lipinski definition) is 3. The summed E-state index contributed by atoms with van der Waals surface area (Å²) in [5.41, 5.74) is -0.0668. The Kier molecular flexibility index (Phi) is 5.97. The number of amides is 1. The topological polar surface area (TPSA) is 54.5 Å². The first-order chi connectivity index (χ1) is 9.18. The molecule has 0 bridgehead atoms. The van der Waals surface area contributed by atoms with Crippen molar-refractivity contribution in [3.63, 3.8) is 0 Å². The summed E-state index contributed by atoms with van der Waals surface area (Å²) in [5.74, 6) is -1.30. The zero-order valence-corrected chi connectivity index (χ0v) is 14.1. The first-order valence-electron chi connectivity index (χ1n) is 5.87. The molecular formula is C12H14BrClFNO3S. The number of unbranched alkanes of at least 4 members (excludes halogenated alkanes) is 1. The van der Waals surface area contributed by atoms with Crippen LogP contribution in [0.5, 0.6) is 0 Å². The van der Waals surface area contributed by atoms with Crippen LogP contribution in [0.4, 0.5) is 4.39 Å². The average molecular weight is 387 g/mol. The molecule has 1 rings (SSSR count). The van der Waals surface area contributed by atoms with Crippen LogP contribution in [0.1, 0.15) is 30.1 Å². The molecule has 0 spiro atoms. The lowest BCUT2D eigenvalue weighted by atomic mass is 10.2. The van der Waals surface area contributed by atoms with E-state index >= 15 is 0 Å². The summed E-state index contributed by atoms with van der Waals surface area (Å²) in [4.78, 5) is 13.2. The number of carbonyl (C=O) groups excluding carboxylic acids is 1. The Labute approximate surface area is 130 Å². The Morgan fingerprint density at radius 3 is 2.55 bits per heavy atom. The minimum absolute atomic E-state index is 0.0257. The predicted octanol–water partition coefficient (Wildman–Crippen LogP) is 3.39. The Hall–Kier alpha value is -0.660. The van der Waals surface area contributed by atoms with Crippen molar-refractivity contribution in [2.45, 2.75) is 24.7 Å². The van der Waals surface area contributed by atoms with Gasteiger partial charge in [0.2, 0.25) is 0 Å². The molecule has 0 saturated heterocycles. The molecule has 0 atom stereocenters. The van der Waals surface area contributed by atoms with Gasteiger partial charge in [-0.3, -0.25) is 4.79 Å². The van der Waals surface area contributed by atoms with Crippen molar-refractivity contribution in [2.24, 2.45) is 0 Å². The molecule has 112 valence electrons. The van der Waals surface area contributed by atoms with Crippen molar-refractivity contribution in [2.75, 3.05) is 13.6 Å². The molecule has 0 aliphatic carbocycles. The second-order valence-electron chi connectivity index (χ2n) is 4.28. The van der Waals surface area contributed by atoms with Gasteiger partial charge in [0.1, 0.15) is 10.7 Å². The van der Waals surface area contributed by atoms with E-state index in [9.17, 15) is 17.6 Å². The first kappa shape index (κ1) is 17.4. The molecular weight excluding hydrogens is 373 g/mol. The van der Waals surface area contributed by atoms with Crippen molar-refractivity contribution in [1.29, 1.82) is 0 Å². The van der Waals surface area contributed by atoms with Crippen LogP contribution in [-0.2, 0) is 9.05 Å². The van der Waals surface area contributed by atoms with Gasteiger partial charge in [-0.15, -0.1) is 0 Å². The average Bonchev–Trinajstić information content (AvgIpc) is 2.36. The van der Waals surface area contributed by atoms with Gasteiger partial charge < -0.3 is 4.90 Å². The van der Waals surface area contributed by atoms with Crippen LogP contribution in [0, 0.1) is 5.82 Å². The van der Waals surface area contributed by atoms with Crippen molar-refractivity contribution in [1.82, 2.24) is 4.90 Å². The van der Waals surface area contributed by atoms with E-state index in [1.807, 2.05) is 6.92 Å². The molecule has 1 aromatic carbocycles. The smallest absolute Gasteiger partial charge is 0.262 e. The van der Waals surface area contributed by atoms with E-state index in [0.29, 0.717) is 6.54 Å². The number of halogens is 3. The SMILES string of the molecule is CCCCN(C)C(=O)c1cc(F)cc(S(=O)(=O)Cl)c1Br. The Bertz CT molecular complexity index is 621. The molecule has 0 heterocycles. The molecule has 1 amide bonds. The highest BCUT2D eigenvalue weighted by Crippen LogP contribution is 2.30. The van der Waals surface area contributed by atoms with Gasteiger partial charge in [0, 0.05) is 24.3 Å². The van der Waals surface area contributed by atoms with Gasteiger partial charge in [-0.1, -0.05) is 13.3 Å². The zero-order valence-electron chi connectivity index (χ0n) is 11.0. The largest absolute Gasteiger partial charge is 0.342 e. The predicted molar refractivity (Wildman–Crippen MR) is 79.0 cm³/mol. The van der Waals surface area contributed by atoms with Crippen LogP contribution >= 0.6 is 26.6 Å². The zero-order chi connectivity index (χ0) is 15.5. The number of rotatable bonds is 5. The molecule has 8 heteroatoms. The lowest BCUT2D eigenvalue weighted by molar-refractivity contribution is 0.0791. The summed E-state index contributed by atoms with van der Waals surface area (Å²) in [6, 6.07) is 1.76. The molecule has 0 N–H and O–H groups in total. The van der Waals surface area contributed by atoms with Gasteiger partial charge in [0.25, 0.3) is 15.0 Å². The number of hydrogen-bond donors (Lipinski definition) is 0. The van der Waals surface area contributed by atoms with E-state index in [4.69, 9.17) is 10.7 Å². The maximum atomic E-state index is 13.5. The van der Waals surface area contributed by atoms with Crippen LogP contribution in [-0.4, -0.2) is 32.8 Å². The fraction of sp³-hybridized carbons (Fsp3) is 0.417. The Morgan fingerprint density at radius 2 is 2.05 bits per heavy atom. The number of benzene rings is 1. The van der Waals surface area contributed by atoms with E-state index in [-0.39, 0.29) is 10.0 Å². The van der Waals surface area contributed by atoms with E-state index in [1.54, 1.807) is 7.05 Å². The molecule has 0 saturated carbocycles. The molecule has 20 heavy (non-hydrogen) atoms. The van der Waals surface area contributed by atoms with Crippen molar-refractivity contribution < 1.29 is 17.6 Å². The van der Waals surface area contributed by atoms with Crippen LogP contribution in [0.15, 0.2) is 21.5 Å². The first-order valence-corrected chi connectivity index (χ1v) is 8.98. The molecule has 0 aliphatic heterocycles. The second-order valence-corrected chi connectivity index (χ2v) is 7.61. The molecule has 0 aromatic heterocycles. The molecule has 0 aliphatic rings. The highest BCUT2D eigenvalue weighted by Gasteiger charge is 2.23. The summed E-state index contributed by atoms with van der Waals surface area (Å²) in [6.45, 7) is 2.48. The van der Waals surface area contributed by atoms with Crippen LogP contribution in [0.2, 0.25) is 0 Å². The van der Waals surface area contributed by atoms with E-state index in [1.165, 1.54) is 4.90 Å². The van der Waals surface area contributed by atoms with Gasteiger partial charge in [-0.2, -0.15) is 0 Å². The highest BCUT2D eigenvalue weighted by atomic mass is 79.9. The third-order valence-corrected chi connectivity index (χ3v) is 5.15. The van der Waals surface area contributed by atoms with Gasteiger partial charge in [0.15, 0.2) is 0 Å². The summed E-state index contributed by atoms with van der Waals surface area (Å²) in [5, 5.41) is 0. The summed E-state index contributed by atoms with van der Waals surface area (Å²) in [7, 11) is 2.66. The summed E-state index contributed by atoms with van der Waals surface area (Å²) < 4.78 is 36.2. The van der Waals surface area contributed by atoms with E-state index in [0.717, 1.165) is 25.0 Å². The lowest BCUT2D eigenvalue weighted by Gasteiger charge is -2.18. The third kappa shape index (κ3) is 4.17. The van der Waals surface area contributed by atoms with Gasteiger partial charge in [-0.25, -0.2) is 12.8 Å². The standard InChI is InChI=1S/C12H14BrClFNO3S/c1-3-4-5-16(2)12(17)9-6-8(15)7-10(11(9)13)20(14,18)19/h6-7H,3-5H2,1-2H3. The minimum Gasteiger partial charge on any atom is -0.342 e. The maximum absolute atomic E-state index is 13.5. The van der Waals surface area contributed by atoms with Gasteiger partial charge in [-0.05, 0) is 34.5 Å². The molecule has 1 aromatic rings. The van der Waals surface area contributed by atoms with Crippen molar-refractivity contribution >= 4 is 41.6 Å². The van der Waals surface area contributed by atoms with Gasteiger partial charge in [0.05, 0.1) is 10.0 Å². The summed E-state index contributed by atoms with van der Waals surface area (Å²) in [6.07, 6.45) is 1.71. The van der Waals surface area contributed by atoms with Crippen LogP contribution < -0.4 is 0 Å². The van der Waals surface area contributed by atoms with E-state index < -0.39 is 25.7 Å². The Morgan fingerprint density at radius 1 is 1.45 bits per heavy atom. The highest BCUT2D eigenvalue weighted by molar-refractivity contribution is 9.10. The molecule has 0 unspecified atom stereocenters. The fourth-order valence-corrected chi connectivity index (χ4v) is 3.86. The number of carbonyl (C=O) groups is 1. The quantitative estimate of drug-likeness (QED) is 0.729.